The Kier molecular flexibility index (Phi) is 4.77. The number of halogens is 1. The summed E-state index contributed by atoms with van der Waals surface area (Å²) in [6.07, 6.45) is 2.43. The monoisotopic (exact) mass is 328 g/mol. The van der Waals surface area contributed by atoms with E-state index in [4.69, 9.17) is 0 Å². The van der Waals surface area contributed by atoms with Crippen molar-refractivity contribution >= 4 is 0 Å². The molecule has 5 rings (SSSR count). The highest BCUT2D eigenvalue weighted by molar-refractivity contribution is 5.37. The molecule has 3 aliphatic rings. The van der Waals surface area contributed by atoms with Gasteiger partial charge in [0, 0.05) is 12.5 Å². The van der Waals surface area contributed by atoms with Crippen LogP contribution in [-0.4, -0.2) is 29.6 Å². The second-order valence-electron chi connectivity index (χ2n) is 6.74. The van der Waals surface area contributed by atoms with Gasteiger partial charge >= 0.3 is 0 Å². The number of fused-ring (bicyclic) bond motifs is 3. The van der Waals surface area contributed by atoms with Gasteiger partial charge in [-0.15, -0.1) is 0 Å². The lowest BCUT2D eigenvalue weighted by Gasteiger charge is -2.51. The van der Waals surface area contributed by atoms with Crippen LogP contribution in [-0.2, 0) is 5.60 Å². The fraction of sp³-hybridized carbons (Fsp3) is 0.400. The van der Waals surface area contributed by atoms with E-state index in [1.165, 1.54) is 25.9 Å². The summed E-state index contributed by atoms with van der Waals surface area (Å²) in [6.45, 7) is 3.40. The Labute approximate surface area is 144 Å². The zero-order valence-electron chi connectivity index (χ0n) is 13.2. The topological polar surface area (TPSA) is 23.5 Å². The first-order valence-electron chi connectivity index (χ1n) is 8.34. The van der Waals surface area contributed by atoms with E-state index >= 15 is 0 Å². The minimum atomic E-state index is -0.883. The van der Waals surface area contributed by atoms with Gasteiger partial charge in [0.1, 0.15) is 5.60 Å². The summed E-state index contributed by atoms with van der Waals surface area (Å²) in [5.74, 6) is 0.898. The van der Waals surface area contributed by atoms with Crippen LogP contribution in [0.15, 0.2) is 60.7 Å². The Morgan fingerprint density at radius 2 is 1.30 bits per heavy atom. The minimum absolute atomic E-state index is 0. The molecule has 3 heterocycles. The standard InChI is InChI=1S/C20H23NO.ClH/c22-20(17-7-3-1-4-8-17,18-9-5-2-6-10-18)19-15-21-13-11-16(19)12-14-21;/h1-10,16,19,22H,11-15H2;1H/p-1. The summed E-state index contributed by atoms with van der Waals surface area (Å²) in [7, 11) is 0. The third-order valence-electron chi connectivity index (χ3n) is 5.62. The van der Waals surface area contributed by atoms with Crippen molar-refractivity contribution in [1.29, 1.82) is 0 Å². The molecule has 1 atom stereocenters. The predicted molar refractivity (Wildman–Crippen MR) is 88.5 cm³/mol. The van der Waals surface area contributed by atoms with Gasteiger partial charge in [-0.1, -0.05) is 60.7 Å². The molecule has 3 aliphatic heterocycles. The Morgan fingerprint density at radius 1 is 0.826 bits per heavy atom. The Bertz CT molecular complexity index is 583. The van der Waals surface area contributed by atoms with E-state index < -0.39 is 5.60 Å². The number of hydrogen-bond donors (Lipinski definition) is 1. The molecule has 0 amide bonds. The predicted octanol–water partition coefficient (Wildman–Crippen LogP) is 0.268. The van der Waals surface area contributed by atoms with Crippen LogP contribution < -0.4 is 12.4 Å². The number of rotatable bonds is 3. The zero-order chi connectivity index (χ0) is 15.0. The highest BCUT2D eigenvalue weighted by atomic mass is 35.5. The van der Waals surface area contributed by atoms with Crippen molar-refractivity contribution < 1.29 is 17.5 Å². The maximum absolute atomic E-state index is 11.9. The molecular formula is C20H23ClNO-. The maximum Gasteiger partial charge on any atom is 0.119 e. The summed E-state index contributed by atoms with van der Waals surface area (Å²) in [4.78, 5) is 2.52. The summed E-state index contributed by atoms with van der Waals surface area (Å²) < 4.78 is 0. The van der Waals surface area contributed by atoms with Crippen LogP contribution >= 0.6 is 0 Å². The molecule has 3 heteroatoms. The fourth-order valence-electron chi connectivity index (χ4n) is 4.42. The van der Waals surface area contributed by atoms with E-state index in [1.807, 2.05) is 36.4 Å². The molecule has 3 fully saturated rings. The Balaban J connectivity index is 0.00000156. The first-order valence-corrected chi connectivity index (χ1v) is 8.34. The average Bonchev–Trinajstić information content (AvgIpc) is 2.63. The van der Waals surface area contributed by atoms with Crippen molar-refractivity contribution in [2.45, 2.75) is 18.4 Å². The molecule has 0 radical (unpaired) electrons. The first-order chi connectivity index (χ1) is 10.8. The lowest BCUT2D eigenvalue weighted by Crippen LogP contribution is -3.00. The Hall–Kier alpha value is -1.35. The zero-order valence-corrected chi connectivity index (χ0v) is 14.0. The lowest BCUT2D eigenvalue weighted by atomic mass is 9.65. The second kappa shape index (κ2) is 6.64. The molecule has 2 nitrogen and oxygen atoms in total. The van der Waals surface area contributed by atoms with Crippen LogP contribution in [0.1, 0.15) is 24.0 Å². The van der Waals surface area contributed by atoms with Gasteiger partial charge < -0.3 is 22.4 Å². The van der Waals surface area contributed by atoms with Crippen LogP contribution in [0.5, 0.6) is 0 Å². The van der Waals surface area contributed by atoms with Gasteiger partial charge in [-0.2, -0.15) is 0 Å². The molecule has 0 spiro atoms. The molecule has 3 saturated heterocycles. The van der Waals surface area contributed by atoms with Gasteiger partial charge in [-0.25, -0.2) is 0 Å². The first kappa shape index (κ1) is 16.5. The number of benzene rings is 2. The molecule has 1 N–H and O–H groups in total. The normalized spacial score (nSPS) is 26.6. The molecule has 122 valence electrons. The van der Waals surface area contributed by atoms with Gasteiger partial charge in [0.05, 0.1) is 0 Å². The second-order valence-corrected chi connectivity index (χ2v) is 6.74. The van der Waals surface area contributed by atoms with Crippen molar-refractivity contribution in [3.05, 3.63) is 71.8 Å². The van der Waals surface area contributed by atoms with Crippen molar-refractivity contribution in [3.8, 4) is 0 Å². The van der Waals surface area contributed by atoms with Crippen LogP contribution in [0.4, 0.5) is 0 Å². The molecule has 0 saturated carbocycles. The quantitative estimate of drug-likeness (QED) is 0.874. The van der Waals surface area contributed by atoms with Crippen LogP contribution in [0, 0.1) is 11.8 Å². The van der Waals surface area contributed by atoms with Crippen molar-refractivity contribution in [2.75, 3.05) is 19.6 Å². The van der Waals surface area contributed by atoms with Gasteiger partial charge in [-0.05, 0) is 43.0 Å². The molecular weight excluding hydrogens is 306 g/mol. The van der Waals surface area contributed by atoms with Crippen LogP contribution in [0.2, 0.25) is 0 Å². The number of piperidine rings is 3. The summed E-state index contributed by atoms with van der Waals surface area (Å²) in [5, 5.41) is 11.9. The van der Waals surface area contributed by atoms with Gasteiger partial charge in [0.15, 0.2) is 0 Å². The summed E-state index contributed by atoms with van der Waals surface area (Å²) in [6, 6.07) is 20.5. The highest BCUT2D eigenvalue weighted by Crippen LogP contribution is 2.46. The van der Waals surface area contributed by atoms with E-state index in [1.54, 1.807) is 0 Å². The average molecular weight is 329 g/mol. The van der Waals surface area contributed by atoms with E-state index in [-0.39, 0.29) is 18.3 Å². The van der Waals surface area contributed by atoms with E-state index in [9.17, 15) is 5.11 Å². The largest absolute Gasteiger partial charge is 1.00 e. The van der Waals surface area contributed by atoms with Crippen molar-refractivity contribution in [3.63, 3.8) is 0 Å². The molecule has 2 bridgehead atoms. The third-order valence-corrected chi connectivity index (χ3v) is 5.62. The maximum atomic E-state index is 11.9. The molecule has 2 aromatic carbocycles. The smallest absolute Gasteiger partial charge is 0.119 e. The molecule has 1 unspecified atom stereocenters. The van der Waals surface area contributed by atoms with Crippen molar-refractivity contribution in [1.82, 2.24) is 4.90 Å². The van der Waals surface area contributed by atoms with Gasteiger partial charge in [0.2, 0.25) is 0 Å². The lowest BCUT2D eigenvalue weighted by molar-refractivity contribution is -0.0764. The Morgan fingerprint density at radius 3 is 1.70 bits per heavy atom. The number of hydrogen-bond acceptors (Lipinski definition) is 2. The van der Waals surface area contributed by atoms with Crippen LogP contribution in [0.3, 0.4) is 0 Å². The van der Waals surface area contributed by atoms with E-state index in [0.717, 1.165) is 17.7 Å². The summed E-state index contributed by atoms with van der Waals surface area (Å²) in [5.41, 5.74) is 1.17. The van der Waals surface area contributed by atoms with E-state index in [0.29, 0.717) is 5.92 Å². The fourth-order valence-corrected chi connectivity index (χ4v) is 4.42. The molecule has 2 aromatic rings. The SMILES string of the molecule is OC(c1ccccc1)(c1ccccc1)C1CN2CCC1CC2.[Cl-]. The van der Waals surface area contributed by atoms with Gasteiger partial charge in [0.25, 0.3) is 0 Å². The summed E-state index contributed by atoms with van der Waals surface area (Å²) >= 11 is 0. The number of aliphatic hydroxyl groups is 1. The molecule has 0 aromatic heterocycles. The molecule has 0 aliphatic carbocycles. The minimum Gasteiger partial charge on any atom is -1.00 e. The van der Waals surface area contributed by atoms with E-state index in [2.05, 4.69) is 29.2 Å². The third kappa shape index (κ3) is 2.80. The van der Waals surface area contributed by atoms with Crippen molar-refractivity contribution in [2.24, 2.45) is 11.8 Å². The number of nitrogens with zero attached hydrogens (tertiary/aromatic N) is 1. The highest BCUT2D eigenvalue weighted by Gasteiger charge is 2.48. The van der Waals surface area contributed by atoms with Gasteiger partial charge in [-0.3, -0.25) is 0 Å². The van der Waals surface area contributed by atoms with Crippen LogP contribution in [0.25, 0.3) is 0 Å². The molecule has 23 heavy (non-hydrogen) atoms.